The minimum Gasteiger partial charge on any atom is -1.00 e. The van der Waals surface area contributed by atoms with Gasteiger partial charge in [0.2, 0.25) is 0 Å². The second-order valence-electron chi connectivity index (χ2n) is 7.82. The molecule has 188 valence electrons. The molecule has 37 heavy (non-hydrogen) atoms. The Morgan fingerprint density at radius 1 is 0.865 bits per heavy atom. The monoisotopic (exact) mass is 600 g/mol. The number of hydrogen-bond acceptors (Lipinski definition) is 7. The summed E-state index contributed by atoms with van der Waals surface area (Å²) in [4.78, 5) is 25.5. The van der Waals surface area contributed by atoms with Crippen molar-refractivity contribution >= 4 is 37.9 Å². The summed E-state index contributed by atoms with van der Waals surface area (Å²) < 4.78 is 64.4. The number of anilines is 1. The second kappa shape index (κ2) is 12.5. The number of carbonyl (C=O) groups is 1. The Morgan fingerprint density at radius 2 is 1.32 bits per heavy atom. The Labute approximate surface area is 300 Å². The molecule has 16 heteroatoms. The molecule has 1 fully saturated rings. The molecule has 2 aromatic carbocycles. The number of rotatable bonds is 5. The molecule has 1 aliphatic rings. The van der Waals surface area contributed by atoms with E-state index in [-0.39, 0.29) is 127 Å². The molecule has 2 heterocycles. The van der Waals surface area contributed by atoms with Crippen LogP contribution in [0.25, 0.3) is 11.8 Å². The van der Waals surface area contributed by atoms with Gasteiger partial charge in [0.15, 0.2) is 0 Å². The van der Waals surface area contributed by atoms with Crippen molar-refractivity contribution < 1.29 is 136 Å². The summed E-state index contributed by atoms with van der Waals surface area (Å²) in [6.07, 6.45) is 1.45. The molecule has 1 aliphatic heterocycles. The van der Waals surface area contributed by atoms with Crippen molar-refractivity contribution in [2.45, 2.75) is 29.7 Å². The van der Waals surface area contributed by atoms with Crippen LogP contribution in [0.2, 0.25) is 0 Å². The Morgan fingerprint density at radius 3 is 1.78 bits per heavy atom. The van der Waals surface area contributed by atoms with Gasteiger partial charge in [0.25, 0.3) is 31.7 Å². The van der Waals surface area contributed by atoms with E-state index in [1.54, 1.807) is 13.8 Å². The zero-order valence-electron chi connectivity index (χ0n) is 22.3. The summed E-state index contributed by atoms with van der Waals surface area (Å²) in [6.45, 7) is 3.35. The average Bonchev–Trinajstić information content (AvgIpc) is 3.23. The summed E-state index contributed by atoms with van der Waals surface area (Å²) >= 11 is 0. The van der Waals surface area contributed by atoms with Crippen LogP contribution in [0, 0.1) is 6.92 Å². The summed E-state index contributed by atoms with van der Waals surface area (Å²) in [7, 11) is -8.76. The molecule has 0 aliphatic carbocycles. The van der Waals surface area contributed by atoms with Crippen molar-refractivity contribution in [3.63, 3.8) is 0 Å². The Hall–Kier alpha value is -0.287. The first kappa shape index (κ1) is 32.9. The van der Waals surface area contributed by atoms with Crippen molar-refractivity contribution in [2.24, 2.45) is 0 Å². The van der Waals surface area contributed by atoms with E-state index in [0.717, 1.165) is 24.3 Å². The van der Waals surface area contributed by atoms with Gasteiger partial charge in [0.1, 0.15) is 0 Å². The van der Waals surface area contributed by atoms with Crippen molar-refractivity contribution in [1.29, 1.82) is 0 Å². The number of aryl methyl sites for hydroxylation is 1. The number of nitrogens with zero attached hydrogens (tertiary/aromatic N) is 2. The van der Waals surface area contributed by atoms with Gasteiger partial charge >= 0.3 is 103 Å². The van der Waals surface area contributed by atoms with Crippen LogP contribution in [0.3, 0.4) is 0 Å². The first-order chi connectivity index (χ1) is 16.3. The third-order valence-corrected chi connectivity index (χ3v) is 7.18. The smallest absolute Gasteiger partial charge is 1.00 e. The third-order valence-electron chi connectivity index (χ3n) is 5.44. The molecule has 1 amide bonds. The van der Waals surface area contributed by atoms with Crippen molar-refractivity contribution in [3.05, 3.63) is 75.7 Å². The van der Waals surface area contributed by atoms with Crippen molar-refractivity contribution in [3.8, 4) is 5.69 Å². The molecule has 0 radical (unpaired) electrons. The quantitative estimate of drug-likeness (QED) is 0.128. The van der Waals surface area contributed by atoms with Crippen LogP contribution in [0.15, 0.2) is 68.7 Å². The fourth-order valence-electron chi connectivity index (χ4n) is 3.62. The van der Waals surface area contributed by atoms with E-state index in [2.05, 4.69) is 10.5 Å². The molecule has 1 saturated heterocycles. The molecule has 4 N–H and O–H groups in total. The van der Waals surface area contributed by atoms with Gasteiger partial charge in [-0.25, -0.2) is 15.1 Å². The SMILES string of the molecule is Cc1[nH]n(-c2ccc(S(=O)(=O)O)cc2)c(=O)c1C=C1C(=O)N(c2ccc(S(=O)(=O)O)cc2)NC1C.[H-].[H-].[K+].[K+]. The zero-order chi connectivity index (χ0) is 25.7. The predicted molar refractivity (Wildman–Crippen MR) is 127 cm³/mol. The topological polar surface area (TPSA) is 179 Å². The van der Waals surface area contributed by atoms with Crippen LogP contribution in [-0.4, -0.2) is 47.7 Å². The van der Waals surface area contributed by atoms with E-state index in [0.29, 0.717) is 17.1 Å². The van der Waals surface area contributed by atoms with Crippen LogP contribution < -0.4 is 119 Å². The number of H-pyrrole nitrogens is 1. The van der Waals surface area contributed by atoms with Crippen molar-refractivity contribution in [1.82, 2.24) is 15.2 Å². The molecule has 1 unspecified atom stereocenters. The number of carbonyl (C=O) groups excluding carboxylic acids is 1. The first-order valence-corrected chi connectivity index (χ1v) is 12.9. The van der Waals surface area contributed by atoms with Gasteiger partial charge in [0.05, 0.1) is 32.8 Å². The van der Waals surface area contributed by atoms with Gasteiger partial charge in [-0.05, 0) is 68.5 Å². The van der Waals surface area contributed by atoms with Gasteiger partial charge in [-0.3, -0.25) is 23.8 Å². The van der Waals surface area contributed by atoms with E-state index < -0.39 is 37.7 Å². The maximum absolute atomic E-state index is 13.1. The van der Waals surface area contributed by atoms with E-state index in [1.165, 1.54) is 40.0 Å². The Balaban J connectivity index is 0.00000361. The van der Waals surface area contributed by atoms with Crippen LogP contribution >= 0.6 is 0 Å². The molecule has 1 aromatic heterocycles. The van der Waals surface area contributed by atoms with Gasteiger partial charge in [-0.1, -0.05) is 0 Å². The van der Waals surface area contributed by atoms with E-state index in [9.17, 15) is 26.4 Å². The third kappa shape index (κ3) is 7.08. The first-order valence-electron chi connectivity index (χ1n) is 10.1. The molecule has 3 aromatic rings. The summed E-state index contributed by atoms with van der Waals surface area (Å²) in [6, 6.07) is 9.55. The Bertz CT molecular complexity index is 1640. The largest absolute Gasteiger partial charge is 1.00 e. The molecule has 0 bridgehead atoms. The van der Waals surface area contributed by atoms with Gasteiger partial charge in [-0.15, -0.1) is 0 Å². The normalized spacial score (nSPS) is 17.0. The molecule has 12 nitrogen and oxygen atoms in total. The average molecular weight is 601 g/mol. The number of aromatic nitrogens is 2. The molecular formula is C21H22K2N4O8S2. The summed E-state index contributed by atoms with van der Waals surface area (Å²) in [5.74, 6) is -0.457. The van der Waals surface area contributed by atoms with Crippen LogP contribution in [-0.2, 0) is 25.0 Å². The molecule has 1 atom stereocenters. The summed E-state index contributed by atoms with van der Waals surface area (Å²) in [5.41, 5.74) is 4.06. The van der Waals surface area contributed by atoms with Gasteiger partial charge in [-0.2, -0.15) is 16.8 Å². The van der Waals surface area contributed by atoms with E-state index in [1.807, 2.05) is 0 Å². The fourth-order valence-corrected chi connectivity index (χ4v) is 4.58. The molecule has 0 spiro atoms. The standard InChI is InChI=1S/C21H20N4O8S2.2K.2H/c1-12-18(20(26)24(22-12)14-3-7-16(8-4-14)34(28,29)30)11-19-13(2)23-25(21(19)27)15-5-9-17(10-6-15)35(31,32)33;;;;/h3-12,22-23H,1-2H3,(H,28,29,30)(H,31,32,33);;;;/q;2*+1;2*-1. The number of aromatic amines is 1. The number of hydrogen-bond donors (Lipinski definition) is 4. The maximum atomic E-state index is 13.1. The summed E-state index contributed by atoms with van der Waals surface area (Å²) in [5, 5.41) is 4.08. The van der Waals surface area contributed by atoms with E-state index >= 15 is 0 Å². The molecule has 0 saturated carbocycles. The van der Waals surface area contributed by atoms with Crippen molar-refractivity contribution in [2.75, 3.05) is 5.01 Å². The number of benzene rings is 2. The van der Waals surface area contributed by atoms with Gasteiger partial charge in [0, 0.05) is 11.3 Å². The minimum atomic E-state index is -4.38. The van der Waals surface area contributed by atoms with Crippen LogP contribution in [0.5, 0.6) is 0 Å². The van der Waals surface area contributed by atoms with Crippen LogP contribution in [0.4, 0.5) is 5.69 Å². The van der Waals surface area contributed by atoms with Crippen LogP contribution in [0.1, 0.15) is 21.0 Å². The minimum absolute atomic E-state index is 0. The van der Waals surface area contributed by atoms with Gasteiger partial charge < -0.3 is 2.85 Å². The molecular weight excluding hydrogens is 579 g/mol. The maximum Gasteiger partial charge on any atom is 1.00 e. The second-order valence-corrected chi connectivity index (χ2v) is 10.7. The number of amides is 1. The fraction of sp³-hybridized carbons (Fsp3) is 0.143. The van der Waals surface area contributed by atoms with E-state index in [4.69, 9.17) is 9.11 Å². The zero-order valence-corrected chi connectivity index (χ0v) is 28.2. The number of hydrazine groups is 1. The Kier molecular flexibility index (Phi) is 11.1. The number of nitrogens with one attached hydrogen (secondary N) is 2. The molecule has 4 rings (SSSR count). The predicted octanol–water partition coefficient (Wildman–Crippen LogP) is -4.48.